The molecule has 8 heteroatoms. The summed E-state index contributed by atoms with van der Waals surface area (Å²) in [7, 11) is 0. The lowest BCUT2D eigenvalue weighted by Gasteiger charge is -2.16. The Labute approximate surface area is 155 Å². The number of aromatic nitrogens is 2. The van der Waals surface area contributed by atoms with Crippen LogP contribution in [-0.2, 0) is 4.79 Å². The van der Waals surface area contributed by atoms with Crippen LogP contribution in [0.2, 0.25) is 0 Å². The number of amides is 1. The molecule has 0 fully saturated rings. The van der Waals surface area contributed by atoms with Gasteiger partial charge in [-0.3, -0.25) is 9.78 Å². The molecule has 1 aromatic carbocycles. The Morgan fingerprint density at radius 2 is 2.15 bits per heavy atom. The van der Waals surface area contributed by atoms with Crippen molar-refractivity contribution in [3.05, 3.63) is 54.0 Å². The number of nitrogens with two attached hydrogens (primary N) is 1. The van der Waals surface area contributed by atoms with E-state index in [0.29, 0.717) is 12.1 Å². The van der Waals surface area contributed by atoms with Crippen LogP contribution in [0, 0.1) is 17.1 Å². The maximum absolute atomic E-state index is 14.3. The monoisotopic (exact) mass is 364 g/mol. The highest BCUT2D eigenvalue weighted by Crippen LogP contribution is 2.25. The summed E-state index contributed by atoms with van der Waals surface area (Å²) in [6, 6.07) is 11.4. The molecule has 0 saturated carbocycles. The van der Waals surface area contributed by atoms with Crippen molar-refractivity contribution in [3.8, 4) is 6.07 Å². The zero-order chi connectivity index (χ0) is 19.4. The highest BCUT2D eigenvalue weighted by molar-refractivity contribution is 5.84. The van der Waals surface area contributed by atoms with E-state index in [1.54, 1.807) is 19.2 Å². The molecule has 27 heavy (non-hydrogen) atoms. The average molecular weight is 364 g/mol. The van der Waals surface area contributed by atoms with Crippen LogP contribution in [0.4, 0.5) is 21.7 Å². The highest BCUT2D eigenvalue weighted by Gasteiger charge is 2.18. The van der Waals surface area contributed by atoms with Crippen LogP contribution < -0.4 is 16.4 Å². The second kappa shape index (κ2) is 7.66. The third-order valence-corrected chi connectivity index (χ3v) is 4.02. The van der Waals surface area contributed by atoms with Gasteiger partial charge in [0.25, 0.3) is 0 Å². The van der Waals surface area contributed by atoms with Gasteiger partial charge < -0.3 is 16.4 Å². The van der Waals surface area contributed by atoms with Crippen molar-refractivity contribution >= 4 is 34.1 Å². The highest BCUT2D eigenvalue weighted by atomic mass is 19.1. The molecule has 0 aliphatic carbocycles. The van der Waals surface area contributed by atoms with E-state index in [-0.39, 0.29) is 17.2 Å². The van der Waals surface area contributed by atoms with Crippen molar-refractivity contribution in [2.24, 2.45) is 5.73 Å². The Balaban J connectivity index is 1.96. The SMILES string of the molecule is CCC(Nc1nc(Nc2ccc3ncccc3c2)c(C#N)cc1F)C(N)=O. The van der Waals surface area contributed by atoms with Crippen molar-refractivity contribution in [2.45, 2.75) is 19.4 Å². The van der Waals surface area contributed by atoms with Gasteiger partial charge in [0.2, 0.25) is 5.91 Å². The van der Waals surface area contributed by atoms with Crippen molar-refractivity contribution in [2.75, 3.05) is 10.6 Å². The van der Waals surface area contributed by atoms with Gasteiger partial charge >= 0.3 is 0 Å². The molecule has 2 aromatic heterocycles. The zero-order valence-corrected chi connectivity index (χ0v) is 14.5. The molecule has 1 unspecified atom stereocenters. The van der Waals surface area contributed by atoms with Crippen LogP contribution in [0.3, 0.4) is 0 Å². The predicted octanol–water partition coefficient (Wildman–Crippen LogP) is 3.06. The lowest BCUT2D eigenvalue weighted by atomic mass is 10.2. The summed E-state index contributed by atoms with van der Waals surface area (Å²) in [6.45, 7) is 1.74. The number of halogens is 1. The van der Waals surface area contributed by atoms with Crippen LogP contribution >= 0.6 is 0 Å². The van der Waals surface area contributed by atoms with E-state index in [1.807, 2.05) is 30.3 Å². The fourth-order valence-electron chi connectivity index (χ4n) is 2.60. The Bertz CT molecular complexity index is 1050. The number of fused-ring (bicyclic) bond motifs is 1. The molecule has 0 aliphatic rings. The van der Waals surface area contributed by atoms with Gasteiger partial charge in [-0.05, 0) is 36.8 Å². The third kappa shape index (κ3) is 3.93. The van der Waals surface area contributed by atoms with Gasteiger partial charge in [-0.1, -0.05) is 13.0 Å². The first kappa shape index (κ1) is 18.1. The summed E-state index contributed by atoms with van der Waals surface area (Å²) in [5.41, 5.74) is 6.82. The Morgan fingerprint density at radius 1 is 1.33 bits per heavy atom. The van der Waals surface area contributed by atoms with E-state index in [9.17, 15) is 14.4 Å². The number of nitrogens with zero attached hydrogens (tertiary/aromatic N) is 3. The summed E-state index contributed by atoms with van der Waals surface area (Å²) < 4.78 is 14.3. The summed E-state index contributed by atoms with van der Waals surface area (Å²) in [6.07, 6.45) is 2.07. The topological polar surface area (TPSA) is 117 Å². The van der Waals surface area contributed by atoms with Gasteiger partial charge in [-0.15, -0.1) is 0 Å². The standard InChI is InChI=1S/C19H17FN6O/c1-2-15(17(22)27)25-19-14(20)9-12(10-21)18(26-19)24-13-5-6-16-11(8-13)4-3-7-23-16/h3-9,15H,2H2,1H3,(H2,22,27)(H2,24,25,26). The fraction of sp³-hybridized carbons (Fsp3) is 0.158. The van der Waals surface area contributed by atoms with E-state index >= 15 is 0 Å². The predicted molar refractivity (Wildman–Crippen MR) is 101 cm³/mol. The maximum Gasteiger partial charge on any atom is 0.239 e. The van der Waals surface area contributed by atoms with Crippen molar-refractivity contribution in [1.82, 2.24) is 9.97 Å². The number of nitrogens with one attached hydrogen (secondary N) is 2. The van der Waals surface area contributed by atoms with Crippen molar-refractivity contribution in [1.29, 1.82) is 5.26 Å². The molecule has 0 spiro atoms. The molecule has 2 heterocycles. The molecule has 7 nitrogen and oxygen atoms in total. The summed E-state index contributed by atoms with van der Waals surface area (Å²) in [5, 5.41) is 15.9. The molecule has 0 bridgehead atoms. The lowest BCUT2D eigenvalue weighted by Crippen LogP contribution is -2.35. The minimum absolute atomic E-state index is 0.0384. The van der Waals surface area contributed by atoms with Crippen LogP contribution in [0.5, 0.6) is 0 Å². The first-order chi connectivity index (χ1) is 13.0. The Hall–Kier alpha value is -3.73. The van der Waals surface area contributed by atoms with Gasteiger partial charge in [0.15, 0.2) is 17.5 Å². The van der Waals surface area contributed by atoms with Gasteiger partial charge in [0.1, 0.15) is 12.1 Å². The van der Waals surface area contributed by atoms with Gasteiger partial charge in [0.05, 0.1) is 11.1 Å². The number of benzene rings is 1. The number of nitriles is 1. The molecule has 0 saturated heterocycles. The van der Waals surface area contributed by atoms with Crippen LogP contribution in [0.1, 0.15) is 18.9 Å². The molecular formula is C19H17FN6O. The second-order valence-corrected chi connectivity index (χ2v) is 5.87. The number of hydrogen-bond acceptors (Lipinski definition) is 6. The van der Waals surface area contributed by atoms with Gasteiger partial charge in [-0.2, -0.15) is 5.26 Å². The van der Waals surface area contributed by atoms with E-state index in [4.69, 9.17) is 5.73 Å². The summed E-state index contributed by atoms with van der Waals surface area (Å²) in [4.78, 5) is 19.8. The first-order valence-corrected chi connectivity index (χ1v) is 8.30. The largest absolute Gasteiger partial charge is 0.368 e. The fourth-order valence-corrected chi connectivity index (χ4v) is 2.60. The molecule has 136 valence electrons. The molecule has 0 radical (unpaired) electrons. The van der Waals surface area contributed by atoms with Crippen LogP contribution in [-0.4, -0.2) is 21.9 Å². The van der Waals surface area contributed by atoms with Crippen molar-refractivity contribution < 1.29 is 9.18 Å². The number of hydrogen-bond donors (Lipinski definition) is 3. The number of pyridine rings is 2. The Kier molecular flexibility index (Phi) is 5.13. The summed E-state index contributed by atoms with van der Waals surface area (Å²) in [5.74, 6) is -1.33. The minimum Gasteiger partial charge on any atom is -0.368 e. The molecule has 4 N–H and O–H groups in total. The quantitative estimate of drug-likeness (QED) is 0.619. The zero-order valence-electron chi connectivity index (χ0n) is 14.5. The van der Waals surface area contributed by atoms with E-state index in [1.165, 1.54) is 0 Å². The van der Waals surface area contributed by atoms with Gasteiger partial charge in [-0.25, -0.2) is 9.37 Å². The molecule has 1 atom stereocenters. The third-order valence-electron chi connectivity index (χ3n) is 4.02. The molecule has 3 aromatic rings. The Morgan fingerprint density at radius 3 is 2.85 bits per heavy atom. The average Bonchev–Trinajstić information content (AvgIpc) is 2.67. The van der Waals surface area contributed by atoms with Crippen LogP contribution in [0.25, 0.3) is 10.9 Å². The molecule has 1 amide bonds. The van der Waals surface area contributed by atoms with E-state index in [0.717, 1.165) is 17.0 Å². The maximum atomic E-state index is 14.3. The van der Waals surface area contributed by atoms with E-state index < -0.39 is 17.8 Å². The molecule has 0 aliphatic heterocycles. The normalized spacial score (nSPS) is 11.6. The number of carbonyl (C=O) groups excluding carboxylic acids is 1. The van der Waals surface area contributed by atoms with Crippen LogP contribution in [0.15, 0.2) is 42.6 Å². The summed E-state index contributed by atoms with van der Waals surface area (Å²) >= 11 is 0. The smallest absolute Gasteiger partial charge is 0.239 e. The van der Waals surface area contributed by atoms with E-state index in [2.05, 4.69) is 20.6 Å². The number of carbonyl (C=O) groups is 1. The first-order valence-electron chi connectivity index (χ1n) is 8.30. The number of anilines is 3. The van der Waals surface area contributed by atoms with Gasteiger partial charge in [0, 0.05) is 17.3 Å². The number of rotatable bonds is 6. The second-order valence-electron chi connectivity index (χ2n) is 5.87. The lowest BCUT2D eigenvalue weighted by molar-refractivity contribution is -0.118. The molecular weight excluding hydrogens is 347 g/mol. The number of primary amides is 1. The minimum atomic E-state index is -0.764. The van der Waals surface area contributed by atoms with Crippen molar-refractivity contribution in [3.63, 3.8) is 0 Å². The molecule has 3 rings (SSSR count).